The fraction of sp³-hybridized carbons (Fsp3) is 0.500. The second kappa shape index (κ2) is 6.91. The molecule has 6 nitrogen and oxygen atoms in total. The van der Waals surface area contributed by atoms with Crippen LogP contribution in [0.5, 0.6) is 0 Å². The van der Waals surface area contributed by atoms with Crippen LogP contribution in [-0.2, 0) is 14.8 Å². The van der Waals surface area contributed by atoms with Crippen LogP contribution >= 0.6 is 0 Å². The van der Waals surface area contributed by atoms with Crippen LogP contribution in [0.25, 0.3) is 0 Å². The van der Waals surface area contributed by atoms with Gasteiger partial charge in [0.15, 0.2) is 0 Å². The van der Waals surface area contributed by atoms with E-state index in [1.807, 2.05) is 32.8 Å². The van der Waals surface area contributed by atoms with Gasteiger partial charge in [0, 0.05) is 26.3 Å². The summed E-state index contributed by atoms with van der Waals surface area (Å²) < 4.78 is 26.2. The number of nitrogens with zero attached hydrogens (tertiary/aromatic N) is 2. The lowest BCUT2D eigenvalue weighted by molar-refractivity contribution is -0.137. The zero-order chi connectivity index (χ0) is 16.2. The first-order chi connectivity index (χ1) is 9.70. The maximum atomic E-state index is 12.6. The number of benzene rings is 1. The first-order valence-electron chi connectivity index (χ1n) is 6.70. The number of carboxylic acid groups (broad SMARTS) is 1. The summed E-state index contributed by atoms with van der Waals surface area (Å²) in [5, 5.41) is 8.89. The van der Waals surface area contributed by atoms with Crippen LogP contribution in [0.4, 0.5) is 5.69 Å². The number of hydrogen-bond acceptors (Lipinski definition) is 4. The van der Waals surface area contributed by atoms with Gasteiger partial charge in [-0.3, -0.25) is 4.79 Å². The number of carboxylic acids is 1. The third kappa shape index (κ3) is 4.18. The Morgan fingerprint density at radius 1 is 1.29 bits per heavy atom. The minimum absolute atomic E-state index is 0.117. The molecule has 0 spiro atoms. The van der Waals surface area contributed by atoms with Crippen LogP contribution < -0.4 is 4.90 Å². The Kier molecular flexibility index (Phi) is 5.74. The molecule has 7 heteroatoms. The SMILES string of the molecule is CCCN(CC(=O)O)S(=O)(=O)c1ccc(C)c(N(C)C)c1. The molecule has 1 rings (SSSR count). The molecule has 0 bridgehead atoms. The highest BCUT2D eigenvalue weighted by Crippen LogP contribution is 2.24. The number of hydrogen-bond donors (Lipinski definition) is 1. The summed E-state index contributed by atoms with van der Waals surface area (Å²) in [7, 11) is -0.139. The average molecular weight is 314 g/mol. The maximum absolute atomic E-state index is 12.6. The van der Waals surface area contributed by atoms with Gasteiger partial charge in [-0.15, -0.1) is 0 Å². The minimum Gasteiger partial charge on any atom is -0.480 e. The number of rotatable bonds is 7. The molecular weight excluding hydrogens is 292 g/mol. The van der Waals surface area contributed by atoms with Gasteiger partial charge in [-0.05, 0) is 31.0 Å². The van der Waals surface area contributed by atoms with E-state index in [4.69, 9.17) is 5.11 Å². The first-order valence-corrected chi connectivity index (χ1v) is 8.14. The van der Waals surface area contributed by atoms with Gasteiger partial charge < -0.3 is 10.0 Å². The molecule has 0 saturated carbocycles. The Labute approximate surface area is 126 Å². The molecule has 0 aromatic heterocycles. The predicted molar refractivity (Wildman–Crippen MR) is 82.2 cm³/mol. The molecule has 1 aromatic rings. The van der Waals surface area contributed by atoms with Gasteiger partial charge >= 0.3 is 5.97 Å². The fourth-order valence-electron chi connectivity index (χ4n) is 2.07. The molecule has 0 radical (unpaired) electrons. The fourth-order valence-corrected chi connectivity index (χ4v) is 3.57. The summed E-state index contributed by atoms with van der Waals surface area (Å²) >= 11 is 0. The van der Waals surface area contributed by atoms with E-state index in [1.54, 1.807) is 12.1 Å². The van der Waals surface area contributed by atoms with E-state index in [0.29, 0.717) is 6.42 Å². The van der Waals surface area contributed by atoms with Crippen LogP contribution in [0.15, 0.2) is 23.1 Å². The standard InChI is InChI=1S/C14H22N2O4S/c1-5-8-16(10-14(17)18)21(19,20)12-7-6-11(2)13(9-12)15(3)4/h6-7,9H,5,8,10H2,1-4H3,(H,17,18). The zero-order valence-corrected chi connectivity index (χ0v) is 13.6. The van der Waals surface area contributed by atoms with E-state index < -0.39 is 22.5 Å². The van der Waals surface area contributed by atoms with E-state index in [9.17, 15) is 13.2 Å². The number of aryl methyl sites for hydroxylation is 1. The summed E-state index contributed by atoms with van der Waals surface area (Å²) in [6.07, 6.45) is 0.554. The van der Waals surface area contributed by atoms with Crippen molar-refractivity contribution in [2.45, 2.75) is 25.2 Å². The Morgan fingerprint density at radius 2 is 1.90 bits per heavy atom. The van der Waals surface area contributed by atoms with Crippen LogP contribution in [0, 0.1) is 6.92 Å². The largest absolute Gasteiger partial charge is 0.480 e. The molecule has 0 atom stereocenters. The molecule has 0 unspecified atom stereocenters. The third-order valence-electron chi connectivity index (χ3n) is 3.08. The molecule has 0 aliphatic heterocycles. The van der Waals surface area contributed by atoms with Gasteiger partial charge in [0.25, 0.3) is 0 Å². The Hall–Kier alpha value is -1.60. The number of sulfonamides is 1. The summed E-state index contributed by atoms with van der Waals surface area (Å²) in [6, 6.07) is 4.82. The summed E-state index contributed by atoms with van der Waals surface area (Å²) in [5.74, 6) is -1.16. The van der Waals surface area contributed by atoms with Crippen molar-refractivity contribution in [3.05, 3.63) is 23.8 Å². The molecule has 1 aromatic carbocycles. The molecule has 0 aliphatic rings. The molecule has 0 amide bonds. The monoisotopic (exact) mass is 314 g/mol. The molecular formula is C14H22N2O4S. The van der Waals surface area contributed by atoms with Crippen molar-refractivity contribution in [2.24, 2.45) is 0 Å². The second-order valence-corrected chi connectivity index (χ2v) is 7.01. The zero-order valence-electron chi connectivity index (χ0n) is 12.8. The highest BCUT2D eigenvalue weighted by atomic mass is 32.2. The van der Waals surface area contributed by atoms with Crippen LogP contribution in [0.3, 0.4) is 0 Å². The smallest absolute Gasteiger partial charge is 0.318 e. The van der Waals surface area contributed by atoms with Crippen molar-refractivity contribution in [1.82, 2.24) is 4.31 Å². The summed E-state index contributed by atoms with van der Waals surface area (Å²) in [5.41, 5.74) is 1.75. The van der Waals surface area contributed by atoms with E-state index in [1.165, 1.54) is 6.07 Å². The van der Waals surface area contributed by atoms with Crippen molar-refractivity contribution >= 4 is 21.7 Å². The highest BCUT2D eigenvalue weighted by Gasteiger charge is 2.26. The van der Waals surface area contributed by atoms with E-state index in [0.717, 1.165) is 15.6 Å². The van der Waals surface area contributed by atoms with Gasteiger partial charge in [0.2, 0.25) is 10.0 Å². The van der Waals surface area contributed by atoms with Gasteiger partial charge in [-0.1, -0.05) is 13.0 Å². The molecule has 118 valence electrons. The number of anilines is 1. The lowest BCUT2D eigenvalue weighted by atomic mass is 10.2. The van der Waals surface area contributed by atoms with Crippen molar-refractivity contribution in [2.75, 3.05) is 32.1 Å². The normalized spacial score (nSPS) is 11.7. The highest BCUT2D eigenvalue weighted by molar-refractivity contribution is 7.89. The molecule has 0 fully saturated rings. The Bertz CT molecular complexity index is 611. The number of carbonyl (C=O) groups is 1. The summed E-state index contributed by atoms with van der Waals surface area (Å²) in [4.78, 5) is 12.8. The Morgan fingerprint density at radius 3 is 2.38 bits per heavy atom. The van der Waals surface area contributed by atoms with Crippen LogP contribution in [-0.4, -0.2) is 51.0 Å². The Balaban J connectivity index is 3.27. The van der Waals surface area contributed by atoms with Gasteiger partial charge in [-0.25, -0.2) is 8.42 Å². The lowest BCUT2D eigenvalue weighted by Crippen LogP contribution is -2.36. The molecule has 0 saturated heterocycles. The van der Waals surface area contributed by atoms with Crippen molar-refractivity contribution in [3.63, 3.8) is 0 Å². The second-order valence-electron chi connectivity index (χ2n) is 5.08. The quantitative estimate of drug-likeness (QED) is 0.826. The average Bonchev–Trinajstić information content (AvgIpc) is 2.37. The van der Waals surface area contributed by atoms with Gasteiger partial charge in [-0.2, -0.15) is 4.31 Å². The van der Waals surface area contributed by atoms with Crippen molar-refractivity contribution in [1.29, 1.82) is 0 Å². The lowest BCUT2D eigenvalue weighted by Gasteiger charge is -2.22. The van der Waals surface area contributed by atoms with Gasteiger partial charge in [0.05, 0.1) is 4.90 Å². The van der Waals surface area contributed by atoms with Crippen molar-refractivity contribution in [3.8, 4) is 0 Å². The molecule has 0 aliphatic carbocycles. The maximum Gasteiger partial charge on any atom is 0.318 e. The minimum atomic E-state index is -3.81. The van der Waals surface area contributed by atoms with E-state index in [-0.39, 0.29) is 11.4 Å². The molecule has 21 heavy (non-hydrogen) atoms. The predicted octanol–water partition coefficient (Wildman–Crippen LogP) is 1.55. The summed E-state index contributed by atoms with van der Waals surface area (Å²) in [6.45, 7) is 3.36. The molecule has 1 N–H and O–H groups in total. The molecule has 0 heterocycles. The van der Waals surface area contributed by atoms with E-state index >= 15 is 0 Å². The number of aliphatic carboxylic acids is 1. The third-order valence-corrected chi connectivity index (χ3v) is 4.93. The first kappa shape index (κ1) is 17.5. The topological polar surface area (TPSA) is 77.9 Å². The van der Waals surface area contributed by atoms with Crippen LogP contribution in [0.1, 0.15) is 18.9 Å². The van der Waals surface area contributed by atoms with Crippen LogP contribution in [0.2, 0.25) is 0 Å². The van der Waals surface area contributed by atoms with E-state index in [2.05, 4.69) is 0 Å². The van der Waals surface area contributed by atoms with Crippen molar-refractivity contribution < 1.29 is 18.3 Å². The van der Waals surface area contributed by atoms with Gasteiger partial charge in [0.1, 0.15) is 6.54 Å².